The number of ether oxygens (including phenoxy) is 1. The average molecular weight is 487 g/mol. The summed E-state index contributed by atoms with van der Waals surface area (Å²) in [6, 6.07) is 14.7. The normalized spacial score (nSPS) is 21.1. The number of nitrogens with zero attached hydrogens (tertiary/aromatic N) is 5. The van der Waals surface area contributed by atoms with Crippen molar-refractivity contribution in [3.05, 3.63) is 59.5 Å². The van der Waals surface area contributed by atoms with Crippen LogP contribution in [0.1, 0.15) is 36.7 Å². The maximum Gasteiger partial charge on any atom is 0.101 e. The van der Waals surface area contributed by atoms with Crippen molar-refractivity contribution in [2.24, 2.45) is 0 Å². The maximum absolute atomic E-state index is 9.48. The third-order valence-electron chi connectivity index (χ3n) is 7.18. The van der Waals surface area contributed by atoms with Gasteiger partial charge in [0.1, 0.15) is 6.07 Å². The van der Waals surface area contributed by atoms with Crippen LogP contribution in [0.2, 0.25) is 0 Å². The molecule has 0 spiro atoms. The van der Waals surface area contributed by atoms with E-state index in [1.807, 2.05) is 37.3 Å². The van der Waals surface area contributed by atoms with Crippen molar-refractivity contribution in [3.63, 3.8) is 0 Å². The molecule has 1 unspecified atom stereocenters. The zero-order valence-electron chi connectivity index (χ0n) is 21.0. The second-order valence-electron chi connectivity index (χ2n) is 9.90. The zero-order chi connectivity index (χ0) is 25.1. The summed E-state index contributed by atoms with van der Waals surface area (Å²) in [5, 5.41) is 23.7. The van der Waals surface area contributed by atoms with E-state index in [2.05, 4.69) is 44.1 Å². The number of rotatable bonds is 6. The van der Waals surface area contributed by atoms with Gasteiger partial charge < -0.3 is 25.0 Å². The molecule has 2 N–H and O–H groups in total. The van der Waals surface area contributed by atoms with Crippen LogP contribution in [-0.4, -0.2) is 66.0 Å². The van der Waals surface area contributed by atoms with E-state index in [0.29, 0.717) is 11.6 Å². The van der Waals surface area contributed by atoms with Gasteiger partial charge in [0.2, 0.25) is 0 Å². The van der Waals surface area contributed by atoms with Crippen LogP contribution >= 0.6 is 0 Å². The highest BCUT2D eigenvalue weighted by atomic mass is 16.5. The molecule has 2 fully saturated rings. The van der Waals surface area contributed by atoms with E-state index in [0.717, 1.165) is 79.2 Å². The lowest BCUT2D eigenvalue weighted by Gasteiger charge is -2.40. The molecule has 1 aromatic carbocycles. The van der Waals surface area contributed by atoms with Crippen LogP contribution in [0.3, 0.4) is 0 Å². The molecule has 2 atom stereocenters. The van der Waals surface area contributed by atoms with E-state index in [1.165, 1.54) is 0 Å². The first-order chi connectivity index (χ1) is 17.5. The van der Waals surface area contributed by atoms with Crippen LogP contribution in [-0.2, 0) is 11.3 Å². The number of pyridine rings is 2. The lowest BCUT2D eigenvalue weighted by molar-refractivity contribution is -0.0161. The molecule has 5 rings (SSSR count). The monoisotopic (exact) mass is 486 g/mol. The first-order valence-electron chi connectivity index (χ1n) is 12.8. The Balaban J connectivity index is 1.20. The molecular formula is C28H34N6O2. The van der Waals surface area contributed by atoms with Crippen LogP contribution in [0.15, 0.2) is 42.6 Å². The van der Waals surface area contributed by atoms with Gasteiger partial charge in [0.25, 0.3) is 0 Å². The summed E-state index contributed by atoms with van der Waals surface area (Å²) in [5.41, 5.74) is 5.29. The van der Waals surface area contributed by atoms with Gasteiger partial charge in [-0.3, -0.25) is 9.97 Å². The Bertz CT molecular complexity index is 1250. The number of aliphatic hydroxyl groups is 1. The van der Waals surface area contributed by atoms with Crippen molar-refractivity contribution in [2.45, 2.75) is 51.5 Å². The topological polar surface area (TPSA) is 97.5 Å². The van der Waals surface area contributed by atoms with Crippen molar-refractivity contribution in [2.75, 3.05) is 42.5 Å². The maximum atomic E-state index is 9.48. The number of nitriles is 1. The predicted molar refractivity (Wildman–Crippen MR) is 141 cm³/mol. The van der Waals surface area contributed by atoms with E-state index in [4.69, 9.17) is 4.74 Å². The minimum absolute atomic E-state index is 0.0295. The first kappa shape index (κ1) is 24.4. The van der Waals surface area contributed by atoms with Gasteiger partial charge in [0.15, 0.2) is 0 Å². The van der Waals surface area contributed by atoms with Gasteiger partial charge in [-0.15, -0.1) is 0 Å². The molecule has 8 nitrogen and oxygen atoms in total. The number of aliphatic hydroxyl groups excluding tert-OH is 1. The fourth-order valence-corrected chi connectivity index (χ4v) is 5.50. The summed E-state index contributed by atoms with van der Waals surface area (Å²) in [4.78, 5) is 13.6. The summed E-state index contributed by atoms with van der Waals surface area (Å²) in [5.74, 6) is 0. The smallest absolute Gasteiger partial charge is 0.101 e. The van der Waals surface area contributed by atoms with Gasteiger partial charge in [0.05, 0.1) is 35.6 Å². The highest BCUT2D eigenvalue weighted by Crippen LogP contribution is 2.30. The minimum atomic E-state index is -0.0295. The predicted octanol–water partition coefficient (Wildman–Crippen LogP) is 3.15. The highest BCUT2D eigenvalue weighted by molar-refractivity contribution is 5.95. The highest BCUT2D eigenvalue weighted by Gasteiger charge is 2.28. The van der Waals surface area contributed by atoms with Crippen LogP contribution < -0.4 is 15.1 Å². The average Bonchev–Trinajstić information content (AvgIpc) is 2.91. The molecule has 2 aromatic heterocycles. The van der Waals surface area contributed by atoms with Crippen LogP contribution in [0, 0.1) is 18.3 Å². The number of piperidine rings is 1. The lowest BCUT2D eigenvalue weighted by atomic mass is 10.0. The van der Waals surface area contributed by atoms with Gasteiger partial charge in [-0.25, -0.2) is 0 Å². The number of hydrogen-bond donors (Lipinski definition) is 2. The van der Waals surface area contributed by atoms with Crippen molar-refractivity contribution < 1.29 is 9.84 Å². The molecule has 36 heavy (non-hydrogen) atoms. The van der Waals surface area contributed by atoms with Gasteiger partial charge in [-0.1, -0.05) is 0 Å². The Morgan fingerprint density at radius 2 is 2.00 bits per heavy atom. The fourth-order valence-electron chi connectivity index (χ4n) is 5.50. The van der Waals surface area contributed by atoms with Gasteiger partial charge in [-0.05, 0) is 63.1 Å². The van der Waals surface area contributed by atoms with Crippen molar-refractivity contribution in [3.8, 4) is 6.07 Å². The fraction of sp³-hybridized carbons (Fsp3) is 0.464. The van der Waals surface area contributed by atoms with E-state index in [1.54, 1.807) is 6.20 Å². The summed E-state index contributed by atoms with van der Waals surface area (Å²) < 4.78 is 6.30. The SMILES string of the molecule is Cc1cc(N2CCC(NCC3CN(c4ccc(C#N)c5ncccc45)C[C@@H](C)O3)CC2)cc(CO)n1. The number of aromatic nitrogens is 2. The Kier molecular flexibility index (Phi) is 7.33. The van der Waals surface area contributed by atoms with Crippen molar-refractivity contribution in [1.82, 2.24) is 15.3 Å². The molecule has 0 amide bonds. The molecule has 2 aliphatic rings. The van der Waals surface area contributed by atoms with E-state index >= 15 is 0 Å². The Morgan fingerprint density at radius 3 is 2.78 bits per heavy atom. The van der Waals surface area contributed by atoms with Crippen molar-refractivity contribution in [1.29, 1.82) is 5.26 Å². The molecule has 0 bridgehead atoms. The molecular weight excluding hydrogens is 452 g/mol. The largest absolute Gasteiger partial charge is 0.390 e. The molecule has 3 aromatic rings. The number of fused-ring (bicyclic) bond motifs is 1. The zero-order valence-corrected chi connectivity index (χ0v) is 21.0. The van der Waals surface area contributed by atoms with Gasteiger partial charge in [0, 0.05) is 67.4 Å². The summed E-state index contributed by atoms with van der Waals surface area (Å²) in [6.07, 6.45) is 4.07. The van der Waals surface area contributed by atoms with Crippen LogP contribution in [0.25, 0.3) is 10.9 Å². The second kappa shape index (κ2) is 10.8. The number of morpholine rings is 1. The first-order valence-corrected chi connectivity index (χ1v) is 12.8. The van der Waals surface area contributed by atoms with E-state index in [9.17, 15) is 10.4 Å². The molecule has 188 valence electrons. The third kappa shape index (κ3) is 5.29. The number of hydrogen-bond acceptors (Lipinski definition) is 8. The minimum Gasteiger partial charge on any atom is -0.390 e. The molecule has 0 aliphatic carbocycles. The van der Waals surface area contributed by atoms with Crippen LogP contribution in [0.5, 0.6) is 0 Å². The molecule has 4 heterocycles. The van der Waals surface area contributed by atoms with Gasteiger partial charge in [-0.2, -0.15) is 5.26 Å². The van der Waals surface area contributed by atoms with E-state index < -0.39 is 0 Å². The second-order valence-corrected chi connectivity index (χ2v) is 9.90. The number of nitrogens with one attached hydrogen (secondary N) is 1. The standard InChI is InChI=1S/C28H34N6O2/c1-19-12-24(13-23(18-35)32-19)33-10-7-22(8-11-33)31-15-25-17-34(16-20(2)36-25)27-6-5-21(14-29)28-26(27)4-3-9-30-28/h3-6,9,12-13,20,22,25,31,35H,7-8,10-11,15-18H2,1-2H3/t20-,25?/m1/s1. The Hall–Kier alpha value is -3.25. The summed E-state index contributed by atoms with van der Waals surface area (Å²) in [6.45, 7) is 8.44. The lowest BCUT2D eigenvalue weighted by Crippen LogP contribution is -2.52. The number of aryl methyl sites for hydroxylation is 1. The molecule has 2 aliphatic heterocycles. The molecule has 0 saturated carbocycles. The Labute approximate surface area is 212 Å². The van der Waals surface area contributed by atoms with E-state index in [-0.39, 0.29) is 18.8 Å². The summed E-state index contributed by atoms with van der Waals surface area (Å²) >= 11 is 0. The van der Waals surface area contributed by atoms with Crippen LogP contribution in [0.4, 0.5) is 11.4 Å². The molecule has 0 radical (unpaired) electrons. The Morgan fingerprint density at radius 1 is 1.17 bits per heavy atom. The number of benzene rings is 1. The van der Waals surface area contributed by atoms with Crippen molar-refractivity contribution >= 4 is 22.3 Å². The third-order valence-corrected chi connectivity index (χ3v) is 7.18. The quantitative estimate of drug-likeness (QED) is 0.549. The van der Waals surface area contributed by atoms with Gasteiger partial charge >= 0.3 is 0 Å². The molecule has 8 heteroatoms. The summed E-state index contributed by atoms with van der Waals surface area (Å²) in [7, 11) is 0. The molecule has 2 saturated heterocycles. The number of anilines is 2.